The van der Waals surface area contributed by atoms with Crippen LogP contribution in [-0.4, -0.2) is 46.0 Å². The molecule has 0 unspecified atom stereocenters. The largest absolute Gasteiger partial charge is 0.496 e. The van der Waals surface area contributed by atoms with Gasteiger partial charge in [0.05, 0.1) is 24.6 Å². The molecule has 0 saturated carbocycles. The molecule has 9 nitrogen and oxygen atoms in total. The Morgan fingerprint density at radius 2 is 2.00 bits per heavy atom. The number of pyridine rings is 2. The Bertz CT molecular complexity index is 1440. The maximum Gasteiger partial charge on any atom is 0.333 e. The third-order valence-electron chi connectivity index (χ3n) is 6.41. The molecule has 38 heavy (non-hydrogen) atoms. The van der Waals surface area contributed by atoms with Gasteiger partial charge < -0.3 is 26.4 Å². The van der Waals surface area contributed by atoms with Crippen molar-refractivity contribution in [1.82, 2.24) is 19.7 Å². The zero-order valence-electron chi connectivity index (χ0n) is 20.6. The highest BCUT2D eigenvalue weighted by Gasteiger charge is 2.23. The Hall–Kier alpha value is -4.32. The minimum atomic E-state index is -2.75. The Morgan fingerprint density at radius 1 is 1.16 bits per heavy atom. The van der Waals surface area contributed by atoms with Crippen LogP contribution in [0.2, 0.25) is 0 Å². The number of nitrogen functional groups attached to an aromatic ring is 1. The van der Waals surface area contributed by atoms with Crippen LogP contribution in [0, 0.1) is 5.82 Å². The van der Waals surface area contributed by atoms with E-state index >= 15 is 0 Å². The molecule has 1 aliphatic heterocycles. The van der Waals surface area contributed by atoms with Crippen LogP contribution in [0.3, 0.4) is 0 Å². The molecule has 1 atom stereocenters. The lowest BCUT2D eigenvalue weighted by molar-refractivity contribution is 0.0566. The van der Waals surface area contributed by atoms with Crippen LogP contribution in [0.5, 0.6) is 5.75 Å². The number of aromatic nitrogens is 4. The van der Waals surface area contributed by atoms with Crippen LogP contribution in [0.1, 0.15) is 19.4 Å². The smallest absolute Gasteiger partial charge is 0.333 e. The quantitative estimate of drug-likeness (QED) is 0.315. The van der Waals surface area contributed by atoms with Crippen molar-refractivity contribution < 1.29 is 17.9 Å². The second-order valence-electron chi connectivity index (χ2n) is 9.00. The monoisotopic (exact) mass is 524 g/mol. The van der Waals surface area contributed by atoms with Gasteiger partial charge in [-0.1, -0.05) is 6.07 Å². The number of hydrogen-bond acceptors (Lipinski definition) is 8. The normalized spacial score (nSPS) is 15.6. The van der Waals surface area contributed by atoms with Gasteiger partial charge in [0.15, 0.2) is 0 Å². The number of rotatable bonds is 7. The van der Waals surface area contributed by atoms with Crippen LogP contribution in [0.4, 0.5) is 36.2 Å². The zero-order valence-corrected chi connectivity index (χ0v) is 20.6. The summed E-state index contributed by atoms with van der Waals surface area (Å²) in [7, 11) is 1.45. The number of benzene rings is 1. The van der Waals surface area contributed by atoms with Crippen molar-refractivity contribution in [3.8, 4) is 28.1 Å². The van der Waals surface area contributed by atoms with Crippen LogP contribution in [0.25, 0.3) is 22.4 Å². The van der Waals surface area contributed by atoms with Gasteiger partial charge in [-0.25, -0.2) is 19.0 Å². The second-order valence-corrected chi connectivity index (χ2v) is 9.00. The third-order valence-corrected chi connectivity index (χ3v) is 6.41. The summed E-state index contributed by atoms with van der Waals surface area (Å²) in [5.74, 6) is 0.618. The fourth-order valence-electron chi connectivity index (χ4n) is 4.59. The highest BCUT2D eigenvalue weighted by atomic mass is 19.3. The van der Waals surface area contributed by atoms with Gasteiger partial charge in [0.2, 0.25) is 0 Å². The number of nitrogens with two attached hydrogens (primary N) is 2. The van der Waals surface area contributed by atoms with Crippen molar-refractivity contribution >= 4 is 23.0 Å². The fourth-order valence-corrected chi connectivity index (χ4v) is 4.59. The maximum atomic E-state index is 14.7. The first-order valence-corrected chi connectivity index (χ1v) is 12.0. The molecule has 4 aromatic rings. The highest BCUT2D eigenvalue weighted by Crippen LogP contribution is 2.37. The van der Waals surface area contributed by atoms with Crippen molar-refractivity contribution in [3.05, 3.63) is 60.8 Å². The summed E-state index contributed by atoms with van der Waals surface area (Å²) in [6.45, 7) is -1.38. The highest BCUT2D eigenvalue weighted by molar-refractivity contribution is 5.82. The van der Waals surface area contributed by atoms with Gasteiger partial charge in [0.1, 0.15) is 28.9 Å². The molecule has 4 heterocycles. The number of halogens is 3. The number of nitrogens with zero attached hydrogens (tertiary/aromatic N) is 5. The topological polar surface area (TPSA) is 120 Å². The average Bonchev–Trinajstić information content (AvgIpc) is 3.40. The molecule has 0 bridgehead atoms. The first-order chi connectivity index (χ1) is 18.3. The van der Waals surface area contributed by atoms with Gasteiger partial charge >= 0.3 is 6.55 Å². The molecule has 5 rings (SSSR count). The van der Waals surface area contributed by atoms with E-state index in [9.17, 15) is 13.2 Å². The number of methoxy groups -OCH3 is 1. The molecule has 0 aliphatic carbocycles. The van der Waals surface area contributed by atoms with Crippen molar-refractivity contribution in [3.63, 3.8) is 0 Å². The number of hydrogen-bond donors (Lipinski definition) is 3. The Balaban J connectivity index is 1.52. The number of ether oxygens (including phenoxy) is 1. The molecule has 5 N–H and O–H groups in total. The van der Waals surface area contributed by atoms with Gasteiger partial charge in [0, 0.05) is 54.4 Å². The number of nitrogens with one attached hydrogen (secondary N) is 1. The molecular formula is C26H27F3N8O. The summed E-state index contributed by atoms with van der Waals surface area (Å²) in [5, 5.41) is 6.92. The molecule has 12 heteroatoms. The predicted octanol–water partition coefficient (Wildman–Crippen LogP) is 4.80. The Morgan fingerprint density at radius 3 is 2.74 bits per heavy atom. The lowest BCUT2D eigenvalue weighted by Gasteiger charge is -2.34. The summed E-state index contributed by atoms with van der Waals surface area (Å²) in [4.78, 5) is 11.1. The second kappa shape index (κ2) is 10.6. The van der Waals surface area contributed by atoms with E-state index in [1.807, 2.05) is 6.07 Å². The van der Waals surface area contributed by atoms with Crippen LogP contribution in [-0.2, 0) is 0 Å². The SMILES string of the molecule is COc1cccc(F)c1-c1nc(Nc2cc(N3CCC[C@H](N)C3)c(-c3cnn(C(F)F)c3)cn2)ccc1N. The van der Waals surface area contributed by atoms with Crippen molar-refractivity contribution in [2.45, 2.75) is 25.4 Å². The minimum Gasteiger partial charge on any atom is -0.496 e. The standard InChI is InChI=1S/C26H27F3N8O/c1-38-21-6-2-5-18(27)24(21)25-19(31)7-8-22(35-25)34-23-10-20(36-9-3-4-16(30)14-36)17(12-32-23)15-11-33-37(13-15)26(28)29/h2,5-8,10-13,16,26H,3-4,9,14,30-31H2,1H3,(H,32,34,35)/t16-/m0/s1. The Kier molecular flexibility index (Phi) is 7.05. The zero-order chi connectivity index (χ0) is 26.8. The predicted molar refractivity (Wildman–Crippen MR) is 140 cm³/mol. The van der Waals surface area contributed by atoms with Gasteiger partial charge in [-0.15, -0.1) is 0 Å². The van der Waals surface area contributed by atoms with Gasteiger partial charge in [-0.3, -0.25) is 0 Å². The first kappa shape index (κ1) is 25.3. The molecule has 3 aromatic heterocycles. The van der Waals surface area contributed by atoms with Crippen molar-refractivity contribution in [1.29, 1.82) is 0 Å². The summed E-state index contributed by atoms with van der Waals surface area (Å²) in [5.41, 5.74) is 15.0. The summed E-state index contributed by atoms with van der Waals surface area (Å²) in [6, 6.07) is 9.56. The summed E-state index contributed by atoms with van der Waals surface area (Å²) < 4.78 is 47.0. The molecule has 1 fully saturated rings. The minimum absolute atomic E-state index is 0.0120. The van der Waals surface area contributed by atoms with Crippen molar-refractivity contribution in [2.75, 3.05) is 36.1 Å². The van der Waals surface area contributed by atoms with E-state index in [4.69, 9.17) is 16.2 Å². The van der Waals surface area contributed by atoms with Gasteiger partial charge in [-0.2, -0.15) is 13.9 Å². The molecule has 0 amide bonds. The number of anilines is 4. The molecule has 198 valence electrons. The summed E-state index contributed by atoms with van der Waals surface area (Å²) in [6.07, 6.45) is 6.08. The van der Waals surface area contributed by atoms with E-state index < -0.39 is 12.4 Å². The molecule has 1 aliphatic rings. The molecule has 1 saturated heterocycles. The van der Waals surface area contributed by atoms with E-state index in [0.717, 1.165) is 25.1 Å². The van der Waals surface area contributed by atoms with Crippen LogP contribution >= 0.6 is 0 Å². The fraction of sp³-hybridized carbons (Fsp3) is 0.269. The van der Waals surface area contributed by atoms with E-state index in [2.05, 4.69) is 25.3 Å². The molecule has 0 spiro atoms. The van der Waals surface area contributed by atoms with E-state index in [1.165, 1.54) is 25.6 Å². The molecular weight excluding hydrogens is 497 g/mol. The number of piperidine rings is 1. The molecule has 1 aromatic carbocycles. The lowest BCUT2D eigenvalue weighted by Crippen LogP contribution is -2.43. The summed E-state index contributed by atoms with van der Waals surface area (Å²) >= 11 is 0. The number of alkyl halides is 2. The van der Waals surface area contributed by atoms with E-state index in [1.54, 1.807) is 30.5 Å². The van der Waals surface area contributed by atoms with Crippen LogP contribution < -0.4 is 26.4 Å². The Labute approximate surface area is 217 Å². The van der Waals surface area contributed by atoms with E-state index in [-0.39, 0.29) is 23.0 Å². The average molecular weight is 525 g/mol. The van der Waals surface area contributed by atoms with E-state index in [0.29, 0.717) is 39.7 Å². The third kappa shape index (κ3) is 5.07. The molecule has 0 radical (unpaired) electrons. The van der Waals surface area contributed by atoms with Crippen molar-refractivity contribution in [2.24, 2.45) is 5.73 Å². The van der Waals surface area contributed by atoms with Gasteiger partial charge in [-0.05, 0) is 37.1 Å². The maximum absolute atomic E-state index is 14.7. The first-order valence-electron chi connectivity index (χ1n) is 12.0. The van der Waals surface area contributed by atoms with Crippen LogP contribution in [0.15, 0.2) is 55.0 Å². The van der Waals surface area contributed by atoms with Gasteiger partial charge in [0.25, 0.3) is 0 Å². The lowest BCUT2D eigenvalue weighted by atomic mass is 10.0.